The van der Waals surface area contributed by atoms with Crippen LogP contribution in [0.15, 0.2) is 48.5 Å². The Morgan fingerprint density at radius 1 is 0.968 bits per heavy atom. The summed E-state index contributed by atoms with van der Waals surface area (Å²) in [6.07, 6.45) is 11.1. The number of H-pyrrole nitrogens is 1. The van der Waals surface area contributed by atoms with Crippen LogP contribution in [0.2, 0.25) is 0 Å². The number of aryl methyl sites for hydroxylation is 1. The summed E-state index contributed by atoms with van der Waals surface area (Å²) in [5.74, 6) is 0.0143. The van der Waals surface area contributed by atoms with Crippen LogP contribution in [0.5, 0.6) is 0 Å². The van der Waals surface area contributed by atoms with Crippen molar-refractivity contribution >= 4 is 16.8 Å². The predicted molar refractivity (Wildman–Crippen MR) is 126 cm³/mol. The van der Waals surface area contributed by atoms with Crippen molar-refractivity contribution in [3.63, 3.8) is 0 Å². The van der Waals surface area contributed by atoms with Crippen LogP contribution < -0.4 is 10.6 Å². The third kappa shape index (κ3) is 4.54. The molecule has 0 radical (unpaired) electrons. The first-order chi connectivity index (χ1) is 15.3. The quantitative estimate of drug-likeness (QED) is 0.502. The van der Waals surface area contributed by atoms with E-state index in [1.54, 1.807) is 0 Å². The molecular weight excluding hydrogens is 382 g/mol. The SMILES string of the molecule is O=C(NCCc1ccccc1)c1ccc2[nH]c3c(c2c1)CCCC3NC1CCCCC1. The van der Waals surface area contributed by atoms with Gasteiger partial charge < -0.3 is 15.6 Å². The summed E-state index contributed by atoms with van der Waals surface area (Å²) in [5, 5.41) is 8.25. The first-order valence-corrected chi connectivity index (χ1v) is 12.0. The second-order valence-electron chi connectivity index (χ2n) is 9.22. The van der Waals surface area contributed by atoms with Crippen molar-refractivity contribution in [1.82, 2.24) is 15.6 Å². The Balaban J connectivity index is 1.30. The molecule has 0 spiro atoms. The molecule has 1 heterocycles. The third-order valence-electron chi connectivity index (χ3n) is 7.05. The topological polar surface area (TPSA) is 56.9 Å². The van der Waals surface area contributed by atoms with Crippen molar-refractivity contribution in [3.05, 3.63) is 70.9 Å². The highest BCUT2D eigenvalue weighted by Gasteiger charge is 2.27. The van der Waals surface area contributed by atoms with E-state index in [1.165, 1.54) is 67.2 Å². The Bertz CT molecular complexity index is 1030. The Morgan fingerprint density at radius 3 is 2.65 bits per heavy atom. The number of aromatic amines is 1. The molecule has 2 aliphatic carbocycles. The summed E-state index contributed by atoms with van der Waals surface area (Å²) < 4.78 is 0. The summed E-state index contributed by atoms with van der Waals surface area (Å²) in [4.78, 5) is 16.5. The normalized spacial score (nSPS) is 19.3. The molecule has 0 aliphatic heterocycles. The summed E-state index contributed by atoms with van der Waals surface area (Å²) in [6.45, 7) is 0.652. The molecule has 1 unspecified atom stereocenters. The lowest BCUT2D eigenvalue weighted by Crippen LogP contribution is -2.36. The van der Waals surface area contributed by atoms with Gasteiger partial charge in [-0.3, -0.25) is 4.79 Å². The molecule has 162 valence electrons. The smallest absolute Gasteiger partial charge is 0.251 e. The standard InChI is InChI=1S/C27H33N3O/c31-27(28-17-16-19-8-3-1-4-9-19)20-14-15-24-23(18-20)22-12-7-13-25(26(22)30-24)29-21-10-5-2-6-11-21/h1,3-4,8-9,14-15,18,21,25,29-30H,2,5-7,10-13,16-17H2,(H,28,31). The number of rotatable bonds is 6. The van der Waals surface area contributed by atoms with Gasteiger partial charge in [0.05, 0.1) is 0 Å². The van der Waals surface area contributed by atoms with E-state index in [9.17, 15) is 4.79 Å². The summed E-state index contributed by atoms with van der Waals surface area (Å²) in [7, 11) is 0. The number of benzene rings is 2. The van der Waals surface area contributed by atoms with Crippen molar-refractivity contribution in [3.8, 4) is 0 Å². The van der Waals surface area contributed by atoms with Crippen LogP contribution in [0, 0.1) is 0 Å². The Morgan fingerprint density at radius 2 is 1.81 bits per heavy atom. The largest absolute Gasteiger partial charge is 0.357 e. The Hall–Kier alpha value is -2.59. The maximum absolute atomic E-state index is 12.8. The van der Waals surface area contributed by atoms with Crippen LogP contribution in [0.1, 0.15) is 78.2 Å². The average Bonchev–Trinajstić information content (AvgIpc) is 3.19. The molecule has 0 saturated heterocycles. The van der Waals surface area contributed by atoms with Crippen molar-refractivity contribution in [2.75, 3.05) is 6.54 Å². The van der Waals surface area contributed by atoms with Crippen molar-refractivity contribution in [2.45, 2.75) is 69.9 Å². The molecule has 4 nitrogen and oxygen atoms in total. The highest BCUT2D eigenvalue weighted by atomic mass is 16.1. The molecule has 1 amide bonds. The van der Waals surface area contributed by atoms with Gasteiger partial charge in [-0.25, -0.2) is 0 Å². The zero-order chi connectivity index (χ0) is 21.0. The molecule has 2 aromatic carbocycles. The van der Waals surface area contributed by atoms with Crippen molar-refractivity contribution in [1.29, 1.82) is 0 Å². The minimum Gasteiger partial charge on any atom is -0.357 e. The molecule has 3 N–H and O–H groups in total. The van der Waals surface area contributed by atoms with E-state index in [0.717, 1.165) is 23.9 Å². The Kier molecular flexibility index (Phi) is 6.08. The van der Waals surface area contributed by atoms with E-state index in [-0.39, 0.29) is 5.91 Å². The maximum Gasteiger partial charge on any atom is 0.251 e. The average molecular weight is 416 g/mol. The number of carbonyl (C=O) groups is 1. The van der Waals surface area contributed by atoms with Crippen molar-refractivity contribution < 1.29 is 4.79 Å². The predicted octanol–water partition coefficient (Wildman–Crippen LogP) is 5.44. The summed E-state index contributed by atoms with van der Waals surface area (Å²) in [6, 6.07) is 17.5. The number of hydrogen-bond acceptors (Lipinski definition) is 2. The molecule has 31 heavy (non-hydrogen) atoms. The van der Waals surface area contributed by atoms with E-state index in [2.05, 4.69) is 39.9 Å². The fourth-order valence-electron chi connectivity index (χ4n) is 5.39. The zero-order valence-corrected chi connectivity index (χ0v) is 18.3. The number of aromatic nitrogens is 1. The molecule has 1 saturated carbocycles. The molecule has 1 fully saturated rings. The third-order valence-corrected chi connectivity index (χ3v) is 7.05. The monoisotopic (exact) mass is 415 g/mol. The number of hydrogen-bond donors (Lipinski definition) is 3. The van der Waals surface area contributed by atoms with E-state index < -0.39 is 0 Å². The van der Waals surface area contributed by atoms with Gasteiger partial charge in [-0.1, -0.05) is 49.6 Å². The van der Waals surface area contributed by atoms with Crippen LogP contribution in [-0.2, 0) is 12.8 Å². The fourth-order valence-corrected chi connectivity index (χ4v) is 5.39. The van der Waals surface area contributed by atoms with E-state index >= 15 is 0 Å². The molecule has 4 heteroatoms. The van der Waals surface area contributed by atoms with Crippen LogP contribution in [0.3, 0.4) is 0 Å². The molecule has 1 aromatic heterocycles. The second kappa shape index (κ2) is 9.27. The summed E-state index contributed by atoms with van der Waals surface area (Å²) in [5.41, 5.74) is 5.92. The minimum absolute atomic E-state index is 0.0143. The van der Waals surface area contributed by atoms with Gasteiger partial charge in [0.2, 0.25) is 0 Å². The molecule has 0 bridgehead atoms. The van der Waals surface area contributed by atoms with Crippen LogP contribution in [0.4, 0.5) is 0 Å². The molecule has 1 atom stereocenters. The Labute approximate surface area is 184 Å². The molecular formula is C27H33N3O. The van der Waals surface area contributed by atoms with Crippen LogP contribution in [-0.4, -0.2) is 23.5 Å². The number of nitrogens with one attached hydrogen (secondary N) is 3. The van der Waals surface area contributed by atoms with Gasteiger partial charge in [-0.2, -0.15) is 0 Å². The van der Waals surface area contributed by atoms with Gasteiger partial charge in [-0.05, 0) is 67.9 Å². The number of amides is 1. The lowest BCUT2D eigenvalue weighted by molar-refractivity contribution is 0.0954. The molecule has 5 rings (SSSR count). The van der Waals surface area contributed by atoms with Crippen LogP contribution >= 0.6 is 0 Å². The second-order valence-corrected chi connectivity index (χ2v) is 9.22. The highest BCUT2D eigenvalue weighted by Crippen LogP contribution is 2.36. The van der Waals surface area contributed by atoms with E-state index in [4.69, 9.17) is 0 Å². The minimum atomic E-state index is 0.0143. The number of carbonyl (C=O) groups excluding carboxylic acids is 1. The maximum atomic E-state index is 12.8. The lowest BCUT2D eigenvalue weighted by Gasteiger charge is -2.31. The highest BCUT2D eigenvalue weighted by molar-refractivity contribution is 5.99. The molecule has 3 aromatic rings. The van der Waals surface area contributed by atoms with Gasteiger partial charge >= 0.3 is 0 Å². The van der Waals surface area contributed by atoms with Gasteiger partial charge in [0.15, 0.2) is 0 Å². The fraction of sp³-hybridized carbons (Fsp3) is 0.444. The van der Waals surface area contributed by atoms with Gasteiger partial charge in [0.1, 0.15) is 0 Å². The van der Waals surface area contributed by atoms with Crippen molar-refractivity contribution in [2.24, 2.45) is 0 Å². The van der Waals surface area contributed by atoms with Gasteiger partial charge in [0.25, 0.3) is 5.91 Å². The first-order valence-electron chi connectivity index (χ1n) is 12.0. The first kappa shape index (κ1) is 20.3. The van der Waals surface area contributed by atoms with E-state index in [0.29, 0.717) is 18.6 Å². The zero-order valence-electron chi connectivity index (χ0n) is 18.3. The van der Waals surface area contributed by atoms with E-state index in [1.807, 2.05) is 24.3 Å². The van der Waals surface area contributed by atoms with Crippen LogP contribution in [0.25, 0.3) is 10.9 Å². The van der Waals surface area contributed by atoms with Gasteiger partial charge in [-0.15, -0.1) is 0 Å². The summed E-state index contributed by atoms with van der Waals surface area (Å²) >= 11 is 0. The van der Waals surface area contributed by atoms with Gasteiger partial charge in [0, 0.05) is 40.8 Å². The molecule has 2 aliphatic rings. The lowest BCUT2D eigenvalue weighted by atomic mass is 9.89. The number of fused-ring (bicyclic) bond motifs is 3.